The van der Waals surface area contributed by atoms with Gasteiger partial charge in [-0.1, -0.05) is 24.3 Å². The van der Waals surface area contributed by atoms with Crippen LogP contribution in [0.25, 0.3) is 0 Å². The van der Waals surface area contributed by atoms with E-state index in [0.29, 0.717) is 36.2 Å². The molecule has 40 heavy (non-hydrogen) atoms. The third-order valence-corrected chi connectivity index (χ3v) is 7.62. The zero-order valence-corrected chi connectivity index (χ0v) is 22.7. The van der Waals surface area contributed by atoms with Crippen LogP contribution in [0.5, 0.6) is 5.75 Å². The normalized spacial score (nSPS) is 16.7. The molecule has 0 fully saturated rings. The topological polar surface area (TPSA) is 145 Å². The van der Waals surface area contributed by atoms with Crippen molar-refractivity contribution in [2.24, 2.45) is 0 Å². The lowest BCUT2D eigenvalue weighted by Gasteiger charge is -2.28. The maximum Gasteiger partial charge on any atom is 0.346 e. The number of esters is 1. The summed E-state index contributed by atoms with van der Waals surface area (Å²) in [4.78, 5) is 52.9. The van der Waals surface area contributed by atoms with Crippen molar-refractivity contribution in [3.05, 3.63) is 98.1 Å². The van der Waals surface area contributed by atoms with Crippen molar-refractivity contribution >= 4 is 40.7 Å². The lowest BCUT2D eigenvalue weighted by Crippen LogP contribution is -2.45. The molecule has 0 unspecified atom stereocenters. The van der Waals surface area contributed by atoms with E-state index in [-0.39, 0.29) is 0 Å². The number of para-hydroxylation sites is 1. The summed E-state index contributed by atoms with van der Waals surface area (Å²) in [7, 11) is 5.27. The van der Waals surface area contributed by atoms with E-state index in [1.165, 1.54) is 18.9 Å². The van der Waals surface area contributed by atoms with Gasteiger partial charge in [0.05, 0.1) is 34.0 Å². The molecule has 3 aromatic carbocycles. The molecular formula is C27H26N4O8S. The molecule has 2 atom stereocenters. The summed E-state index contributed by atoms with van der Waals surface area (Å²) in [5.41, 5.74) is -0.520. The van der Waals surface area contributed by atoms with Crippen molar-refractivity contribution in [1.82, 2.24) is 4.90 Å². The third kappa shape index (κ3) is 6.05. The standard InChI is InChI=1S/C27H26N4O8S/c1-28(2)14-15-29-21-6-4-5-7-23(21)40-25(17-8-11-19(38-3)12-9-17)24(26(29)32)39-27(33)20-13-10-18(30(34)35)16-22(20)31(36)37/h4-13,16,24-25H,14-15H2,1-3H3/t24-,25+/m0/s1. The van der Waals surface area contributed by atoms with E-state index >= 15 is 0 Å². The number of methoxy groups -OCH3 is 1. The van der Waals surface area contributed by atoms with E-state index in [4.69, 9.17) is 9.47 Å². The fourth-order valence-electron chi connectivity index (χ4n) is 4.20. The Balaban J connectivity index is 1.80. The van der Waals surface area contributed by atoms with Gasteiger partial charge in [-0.25, -0.2) is 4.79 Å². The summed E-state index contributed by atoms with van der Waals surface area (Å²) in [5.74, 6) is -1.05. The summed E-state index contributed by atoms with van der Waals surface area (Å²) in [6.07, 6.45) is -1.38. The minimum atomic E-state index is -1.38. The molecule has 0 N–H and O–H groups in total. The van der Waals surface area contributed by atoms with Crippen molar-refractivity contribution in [3.8, 4) is 5.75 Å². The van der Waals surface area contributed by atoms with E-state index in [1.807, 2.05) is 43.3 Å². The number of hydrogen-bond acceptors (Lipinski definition) is 10. The first kappa shape index (κ1) is 28.5. The molecule has 0 aliphatic carbocycles. The van der Waals surface area contributed by atoms with E-state index in [2.05, 4.69) is 0 Å². The van der Waals surface area contributed by atoms with Crippen LogP contribution in [0.2, 0.25) is 0 Å². The van der Waals surface area contributed by atoms with Gasteiger partial charge in [0.15, 0.2) is 6.10 Å². The smallest absolute Gasteiger partial charge is 0.346 e. The number of thioether (sulfide) groups is 1. The Morgan fingerprint density at radius 3 is 2.35 bits per heavy atom. The van der Waals surface area contributed by atoms with Gasteiger partial charge in [-0.2, -0.15) is 0 Å². The molecule has 0 saturated carbocycles. The summed E-state index contributed by atoms with van der Waals surface area (Å²) >= 11 is 1.33. The molecule has 4 rings (SSSR count). The second-order valence-electron chi connectivity index (χ2n) is 9.11. The van der Waals surface area contributed by atoms with E-state index in [9.17, 15) is 29.8 Å². The summed E-state index contributed by atoms with van der Waals surface area (Å²) in [5, 5.41) is 22.1. The number of nitrogens with zero attached hydrogens (tertiary/aromatic N) is 4. The van der Waals surface area contributed by atoms with Gasteiger partial charge in [0.1, 0.15) is 11.3 Å². The first-order valence-electron chi connectivity index (χ1n) is 12.1. The summed E-state index contributed by atoms with van der Waals surface area (Å²) in [6.45, 7) is 0.816. The molecule has 0 bridgehead atoms. The number of ether oxygens (including phenoxy) is 2. The van der Waals surface area contributed by atoms with Gasteiger partial charge in [-0.3, -0.25) is 25.0 Å². The largest absolute Gasteiger partial charge is 0.497 e. The average molecular weight is 567 g/mol. The Hall–Kier alpha value is -4.49. The monoisotopic (exact) mass is 566 g/mol. The van der Waals surface area contributed by atoms with Crippen molar-refractivity contribution < 1.29 is 28.9 Å². The number of nitro benzene ring substituents is 2. The van der Waals surface area contributed by atoms with Gasteiger partial charge in [0.2, 0.25) is 0 Å². The predicted octanol–water partition coefficient (Wildman–Crippen LogP) is 4.48. The number of carbonyl (C=O) groups excluding carboxylic acids is 2. The van der Waals surface area contributed by atoms with Crippen LogP contribution in [0.15, 0.2) is 71.6 Å². The van der Waals surface area contributed by atoms with Crippen molar-refractivity contribution in [3.63, 3.8) is 0 Å². The van der Waals surface area contributed by atoms with Crippen LogP contribution in [-0.2, 0) is 9.53 Å². The molecule has 3 aromatic rings. The molecule has 1 aliphatic rings. The number of amides is 1. The minimum Gasteiger partial charge on any atom is -0.497 e. The third-order valence-electron chi connectivity index (χ3n) is 6.25. The maximum absolute atomic E-state index is 14.1. The highest BCUT2D eigenvalue weighted by Gasteiger charge is 2.42. The molecule has 0 spiro atoms. The predicted molar refractivity (Wildman–Crippen MR) is 148 cm³/mol. The Morgan fingerprint density at radius 1 is 1.02 bits per heavy atom. The van der Waals surface area contributed by atoms with Gasteiger partial charge < -0.3 is 19.3 Å². The van der Waals surface area contributed by atoms with Crippen LogP contribution in [0.3, 0.4) is 0 Å². The first-order chi connectivity index (χ1) is 19.1. The Kier molecular flexibility index (Phi) is 8.65. The van der Waals surface area contributed by atoms with Crippen molar-refractivity contribution in [2.75, 3.05) is 39.2 Å². The fourth-order valence-corrected chi connectivity index (χ4v) is 5.51. The quantitative estimate of drug-likeness (QED) is 0.206. The Morgan fingerprint density at radius 2 is 1.73 bits per heavy atom. The molecule has 0 saturated heterocycles. The first-order valence-corrected chi connectivity index (χ1v) is 13.0. The molecule has 1 amide bonds. The summed E-state index contributed by atoms with van der Waals surface area (Å²) < 4.78 is 11.0. The number of nitro groups is 2. The Labute approximate surface area is 233 Å². The molecule has 208 valence electrons. The average Bonchev–Trinajstić information content (AvgIpc) is 3.05. The maximum atomic E-state index is 14.1. The molecule has 0 aromatic heterocycles. The number of rotatable bonds is 9. The SMILES string of the molecule is COc1ccc([C@H]2Sc3ccccc3N(CCN(C)C)C(=O)[C@H]2OC(=O)c2ccc([N+](=O)[O-])cc2[N+](=O)[O-])cc1. The molecule has 13 heteroatoms. The number of non-ortho nitro benzene ring substituents is 1. The van der Waals surface area contributed by atoms with Crippen LogP contribution in [0.1, 0.15) is 21.2 Å². The summed E-state index contributed by atoms with van der Waals surface area (Å²) in [6, 6.07) is 16.9. The fraction of sp³-hybridized carbons (Fsp3) is 0.259. The number of fused-ring (bicyclic) bond motifs is 1. The van der Waals surface area contributed by atoms with Crippen LogP contribution in [-0.4, -0.2) is 67.0 Å². The zero-order chi connectivity index (χ0) is 29.0. The minimum absolute atomic E-state index is 0.296. The van der Waals surface area contributed by atoms with Crippen molar-refractivity contribution in [1.29, 1.82) is 0 Å². The van der Waals surface area contributed by atoms with Gasteiger partial charge in [0, 0.05) is 24.1 Å². The van der Waals surface area contributed by atoms with Crippen LogP contribution in [0, 0.1) is 20.2 Å². The number of benzene rings is 3. The van der Waals surface area contributed by atoms with Gasteiger partial charge >= 0.3 is 5.97 Å². The van der Waals surface area contributed by atoms with Gasteiger partial charge in [0.25, 0.3) is 17.3 Å². The van der Waals surface area contributed by atoms with Crippen molar-refractivity contribution in [2.45, 2.75) is 16.2 Å². The second kappa shape index (κ2) is 12.1. The molecular weight excluding hydrogens is 540 g/mol. The number of anilines is 1. The Bertz CT molecular complexity index is 1450. The second-order valence-corrected chi connectivity index (χ2v) is 10.3. The number of carbonyl (C=O) groups is 2. The van der Waals surface area contributed by atoms with Gasteiger partial charge in [-0.15, -0.1) is 11.8 Å². The zero-order valence-electron chi connectivity index (χ0n) is 21.9. The van der Waals surface area contributed by atoms with E-state index < -0.39 is 50.0 Å². The highest BCUT2D eigenvalue weighted by atomic mass is 32.2. The highest BCUT2D eigenvalue weighted by Crippen LogP contribution is 2.47. The van der Waals surface area contributed by atoms with Gasteiger partial charge in [-0.05, 0) is 50.0 Å². The highest BCUT2D eigenvalue weighted by molar-refractivity contribution is 7.99. The van der Waals surface area contributed by atoms with E-state index in [1.54, 1.807) is 29.2 Å². The molecule has 12 nitrogen and oxygen atoms in total. The lowest BCUT2D eigenvalue weighted by atomic mass is 10.0. The lowest BCUT2D eigenvalue weighted by molar-refractivity contribution is -0.394. The van der Waals surface area contributed by atoms with Crippen LogP contribution in [0.4, 0.5) is 17.1 Å². The van der Waals surface area contributed by atoms with Crippen LogP contribution < -0.4 is 9.64 Å². The molecule has 1 aliphatic heterocycles. The number of hydrogen-bond donors (Lipinski definition) is 0. The van der Waals surface area contributed by atoms with E-state index in [0.717, 1.165) is 17.0 Å². The number of likely N-dealkylation sites (N-methyl/N-ethyl adjacent to an activating group) is 1. The molecule has 0 radical (unpaired) electrons. The van der Waals surface area contributed by atoms with Crippen LogP contribution >= 0.6 is 11.8 Å². The molecule has 1 heterocycles.